The highest BCUT2D eigenvalue weighted by Crippen LogP contribution is 2.33. The Labute approximate surface area is 204 Å². The van der Waals surface area contributed by atoms with Gasteiger partial charge in [-0.3, -0.25) is 19.3 Å². The molecule has 3 aliphatic heterocycles. The molecule has 35 heavy (non-hydrogen) atoms. The van der Waals surface area contributed by atoms with E-state index in [-0.39, 0.29) is 29.6 Å². The molecule has 1 atom stereocenters. The summed E-state index contributed by atoms with van der Waals surface area (Å²) in [6.07, 6.45) is 2.92. The monoisotopic (exact) mass is 481 g/mol. The van der Waals surface area contributed by atoms with Gasteiger partial charge in [0.1, 0.15) is 13.2 Å². The first-order valence-electron chi connectivity index (χ1n) is 12.3. The molecule has 9 heteroatoms. The zero-order chi connectivity index (χ0) is 24.4. The molecular weight excluding hydrogens is 450 g/mol. The molecule has 0 N–H and O–H groups in total. The van der Waals surface area contributed by atoms with E-state index in [4.69, 9.17) is 13.9 Å². The number of rotatable bonds is 5. The molecule has 5 rings (SSSR count). The number of nitrogens with zero attached hydrogens (tertiary/aromatic N) is 3. The summed E-state index contributed by atoms with van der Waals surface area (Å²) in [6.45, 7) is 6.34. The number of carbonyl (C=O) groups is 3. The fourth-order valence-electron chi connectivity index (χ4n) is 5.09. The Morgan fingerprint density at radius 3 is 2.26 bits per heavy atom. The van der Waals surface area contributed by atoms with E-state index in [0.29, 0.717) is 75.3 Å². The lowest BCUT2D eigenvalue weighted by Crippen LogP contribution is -2.56. The summed E-state index contributed by atoms with van der Waals surface area (Å²) >= 11 is 0. The van der Waals surface area contributed by atoms with Crippen LogP contribution in [0.5, 0.6) is 11.5 Å². The van der Waals surface area contributed by atoms with Gasteiger partial charge in [-0.15, -0.1) is 0 Å². The second kappa shape index (κ2) is 10.1. The molecule has 2 fully saturated rings. The highest BCUT2D eigenvalue weighted by molar-refractivity contribution is 5.98. The molecular formula is C26H31N3O6. The number of ether oxygens (including phenoxy) is 2. The third kappa shape index (κ3) is 4.91. The second-order valence-corrected chi connectivity index (χ2v) is 9.30. The SMILES string of the molecule is CC(C(=O)N1CCN(C(=O)c2ccco2)CC1)N1CCC(C(=O)c2ccc3c(c2)OCCO3)CC1. The van der Waals surface area contributed by atoms with Crippen LogP contribution >= 0.6 is 0 Å². The van der Waals surface area contributed by atoms with Crippen LogP contribution in [-0.4, -0.2) is 90.8 Å². The van der Waals surface area contributed by atoms with Gasteiger partial charge < -0.3 is 23.7 Å². The summed E-state index contributed by atoms with van der Waals surface area (Å²) in [5.41, 5.74) is 0.652. The number of fused-ring (bicyclic) bond motifs is 1. The van der Waals surface area contributed by atoms with Crippen LogP contribution in [0.25, 0.3) is 0 Å². The third-order valence-electron chi connectivity index (χ3n) is 7.24. The number of likely N-dealkylation sites (tertiary alicyclic amines) is 1. The van der Waals surface area contributed by atoms with Gasteiger partial charge in [-0.2, -0.15) is 0 Å². The number of piperazine rings is 1. The lowest BCUT2D eigenvalue weighted by molar-refractivity contribution is -0.138. The molecule has 3 aliphatic rings. The van der Waals surface area contributed by atoms with Crippen LogP contribution in [0, 0.1) is 5.92 Å². The van der Waals surface area contributed by atoms with Crippen LogP contribution in [0.15, 0.2) is 41.0 Å². The quantitative estimate of drug-likeness (QED) is 0.605. The molecule has 1 aromatic carbocycles. The number of carbonyl (C=O) groups excluding carboxylic acids is 3. The molecule has 186 valence electrons. The molecule has 0 saturated carbocycles. The predicted octanol–water partition coefficient (Wildman–Crippen LogP) is 2.32. The van der Waals surface area contributed by atoms with Gasteiger partial charge in [-0.25, -0.2) is 0 Å². The van der Waals surface area contributed by atoms with Gasteiger partial charge in [0.25, 0.3) is 5.91 Å². The lowest BCUT2D eigenvalue weighted by Gasteiger charge is -2.39. The van der Waals surface area contributed by atoms with Crippen molar-refractivity contribution in [3.8, 4) is 11.5 Å². The number of hydrogen-bond acceptors (Lipinski definition) is 7. The fraction of sp³-hybridized carbons (Fsp3) is 0.500. The summed E-state index contributed by atoms with van der Waals surface area (Å²) in [5.74, 6) is 1.63. The summed E-state index contributed by atoms with van der Waals surface area (Å²) in [7, 11) is 0. The largest absolute Gasteiger partial charge is 0.486 e. The van der Waals surface area contributed by atoms with Crippen LogP contribution in [0.2, 0.25) is 0 Å². The van der Waals surface area contributed by atoms with Gasteiger partial charge in [0.15, 0.2) is 23.0 Å². The fourth-order valence-corrected chi connectivity index (χ4v) is 5.09. The van der Waals surface area contributed by atoms with Crippen molar-refractivity contribution >= 4 is 17.6 Å². The molecule has 1 unspecified atom stereocenters. The number of furan rings is 1. The van der Waals surface area contributed by atoms with Crippen LogP contribution in [-0.2, 0) is 4.79 Å². The molecule has 1 aromatic heterocycles. The van der Waals surface area contributed by atoms with Gasteiger partial charge in [-0.05, 0) is 63.2 Å². The second-order valence-electron chi connectivity index (χ2n) is 9.30. The van der Waals surface area contributed by atoms with Gasteiger partial charge >= 0.3 is 0 Å². The Bertz CT molecular complexity index is 1070. The van der Waals surface area contributed by atoms with E-state index in [1.165, 1.54) is 6.26 Å². The Hall–Kier alpha value is -3.33. The number of hydrogen-bond donors (Lipinski definition) is 0. The molecule has 2 aromatic rings. The summed E-state index contributed by atoms with van der Waals surface area (Å²) in [5, 5.41) is 0. The van der Waals surface area contributed by atoms with Crippen molar-refractivity contribution in [2.24, 2.45) is 5.92 Å². The van der Waals surface area contributed by atoms with E-state index in [1.54, 1.807) is 29.2 Å². The van der Waals surface area contributed by atoms with Crippen molar-refractivity contribution in [1.29, 1.82) is 0 Å². The minimum atomic E-state index is -0.257. The Morgan fingerprint density at radius 1 is 0.886 bits per heavy atom. The maximum atomic E-state index is 13.1. The van der Waals surface area contributed by atoms with E-state index >= 15 is 0 Å². The van der Waals surface area contributed by atoms with E-state index in [9.17, 15) is 14.4 Å². The Morgan fingerprint density at radius 2 is 1.57 bits per heavy atom. The third-order valence-corrected chi connectivity index (χ3v) is 7.24. The van der Waals surface area contributed by atoms with Gasteiger partial charge in [0.2, 0.25) is 5.91 Å². The predicted molar refractivity (Wildman–Crippen MR) is 127 cm³/mol. The van der Waals surface area contributed by atoms with Crippen molar-refractivity contribution < 1.29 is 28.3 Å². The molecule has 9 nitrogen and oxygen atoms in total. The van der Waals surface area contributed by atoms with Crippen LogP contribution < -0.4 is 9.47 Å². The van der Waals surface area contributed by atoms with Crippen molar-refractivity contribution in [3.63, 3.8) is 0 Å². The van der Waals surface area contributed by atoms with E-state index in [1.807, 2.05) is 17.9 Å². The van der Waals surface area contributed by atoms with Crippen molar-refractivity contribution in [1.82, 2.24) is 14.7 Å². The van der Waals surface area contributed by atoms with E-state index < -0.39 is 0 Å². The average Bonchev–Trinajstić information content (AvgIpc) is 3.46. The summed E-state index contributed by atoms with van der Waals surface area (Å²) < 4.78 is 16.4. The molecule has 0 spiro atoms. The number of piperidine rings is 1. The highest BCUT2D eigenvalue weighted by Gasteiger charge is 2.34. The normalized spacial score (nSPS) is 19.9. The van der Waals surface area contributed by atoms with Gasteiger partial charge in [0.05, 0.1) is 12.3 Å². The maximum absolute atomic E-state index is 13.1. The minimum Gasteiger partial charge on any atom is -0.486 e. The molecule has 4 heterocycles. The smallest absolute Gasteiger partial charge is 0.289 e. The molecule has 0 radical (unpaired) electrons. The maximum Gasteiger partial charge on any atom is 0.289 e. The lowest BCUT2D eigenvalue weighted by atomic mass is 9.88. The number of benzene rings is 1. The van der Waals surface area contributed by atoms with Crippen molar-refractivity contribution in [3.05, 3.63) is 47.9 Å². The first kappa shape index (κ1) is 23.4. The summed E-state index contributed by atoms with van der Waals surface area (Å²) in [6, 6.07) is 8.49. The van der Waals surface area contributed by atoms with E-state index in [0.717, 1.165) is 12.8 Å². The number of amides is 2. The zero-order valence-corrected chi connectivity index (χ0v) is 20.0. The summed E-state index contributed by atoms with van der Waals surface area (Å²) in [4.78, 5) is 44.4. The van der Waals surface area contributed by atoms with Crippen LogP contribution in [0.1, 0.15) is 40.7 Å². The van der Waals surface area contributed by atoms with Gasteiger partial charge in [-0.1, -0.05) is 0 Å². The number of Topliss-reactive ketones (excluding diaryl/α,β-unsaturated/α-hetero) is 1. The minimum absolute atomic E-state index is 0.0627. The standard InChI is InChI=1S/C26H31N3O6/c1-18(25(31)28-10-12-29(13-11-28)26(32)22-3-2-14-33-22)27-8-6-19(7-9-27)24(30)20-4-5-21-23(17-20)35-16-15-34-21/h2-5,14,17-19H,6-13,15-16H2,1H3. The number of ketones is 1. The Balaban J connectivity index is 1.11. The first-order valence-corrected chi connectivity index (χ1v) is 12.3. The zero-order valence-electron chi connectivity index (χ0n) is 20.0. The van der Waals surface area contributed by atoms with Crippen LogP contribution in [0.3, 0.4) is 0 Å². The highest BCUT2D eigenvalue weighted by atomic mass is 16.6. The molecule has 0 aliphatic carbocycles. The first-order chi connectivity index (χ1) is 17.0. The molecule has 0 bridgehead atoms. The molecule has 2 amide bonds. The van der Waals surface area contributed by atoms with Crippen LogP contribution in [0.4, 0.5) is 0 Å². The van der Waals surface area contributed by atoms with E-state index in [2.05, 4.69) is 4.90 Å². The van der Waals surface area contributed by atoms with Gasteiger partial charge in [0, 0.05) is 37.7 Å². The Kier molecular flexibility index (Phi) is 6.77. The average molecular weight is 482 g/mol. The topological polar surface area (TPSA) is 92.5 Å². The molecule has 2 saturated heterocycles. The van der Waals surface area contributed by atoms with Crippen molar-refractivity contribution in [2.75, 3.05) is 52.5 Å². The van der Waals surface area contributed by atoms with Crippen molar-refractivity contribution in [2.45, 2.75) is 25.8 Å².